The second-order valence-corrected chi connectivity index (χ2v) is 8.66. The lowest BCUT2D eigenvalue weighted by Crippen LogP contribution is -2.55. The van der Waals surface area contributed by atoms with Crippen molar-refractivity contribution in [3.63, 3.8) is 0 Å². The molecule has 2 atom stereocenters. The summed E-state index contributed by atoms with van der Waals surface area (Å²) in [5.74, 6) is 0.179. The van der Waals surface area contributed by atoms with Crippen LogP contribution >= 0.6 is 0 Å². The first-order valence-corrected chi connectivity index (χ1v) is 10.8. The lowest BCUT2D eigenvalue weighted by atomic mass is 9.76. The van der Waals surface area contributed by atoms with Crippen molar-refractivity contribution in [2.75, 3.05) is 19.0 Å². The summed E-state index contributed by atoms with van der Waals surface area (Å²) in [5.41, 5.74) is 2.84. The number of benzene rings is 2. The Morgan fingerprint density at radius 3 is 2.20 bits per heavy atom. The lowest BCUT2D eigenvalue weighted by Gasteiger charge is -2.47. The molecule has 2 aromatic carbocycles. The standard InChI is InChI=1S/C25H30N2O3/c1-26(2)21-13-11-19(12-14-21)24(28)20-15-22-9-6-10-23(16-20)27(22)25(29)30-17-18-7-4-3-5-8-18/h3-5,7-8,11-14,20,22-23H,6,9-10,15-17H2,1-2H3. The van der Waals surface area contributed by atoms with Gasteiger partial charge in [-0.05, 0) is 61.9 Å². The zero-order valence-corrected chi connectivity index (χ0v) is 17.8. The van der Waals surface area contributed by atoms with E-state index in [4.69, 9.17) is 4.74 Å². The van der Waals surface area contributed by atoms with Crippen molar-refractivity contribution in [1.82, 2.24) is 4.90 Å². The molecule has 2 saturated heterocycles. The van der Waals surface area contributed by atoms with Crippen molar-refractivity contribution in [1.29, 1.82) is 0 Å². The third-order valence-electron chi connectivity index (χ3n) is 6.43. The number of amides is 1. The van der Waals surface area contributed by atoms with Crippen LogP contribution in [0.3, 0.4) is 0 Å². The first-order chi connectivity index (χ1) is 14.5. The van der Waals surface area contributed by atoms with Crippen molar-refractivity contribution < 1.29 is 14.3 Å². The molecule has 0 aromatic heterocycles. The molecule has 1 amide bonds. The van der Waals surface area contributed by atoms with Crippen LogP contribution in [0.4, 0.5) is 10.5 Å². The summed E-state index contributed by atoms with van der Waals surface area (Å²) >= 11 is 0. The Hall–Kier alpha value is -2.82. The monoisotopic (exact) mass is 406 g/mol. The van der Waals surface area contributed by atoms with E-state index in [-0.39, 0.29) is 36.5 Å². The molecule has 0 saturated carbocycles. The van der Waals surface area contributed by atoms with Gasteiger partial charge >= 0.3 is 6.09 Å². The van der Waals surface area contributed by atoms with Crippen LogP contribution in [0.1, 0.15) is 48.0 Å². The maximum atomic E-state index is 13.2. The molecule has 2 aliphatic heterocycles. The normalized spacial score (nSPS) is 23.0. The Morgan fingerprint density at radius 1 is 0.967 bits per heavy atom. The largest absolute Gasteiger partial charge is 0.445 e. The summed E-state index contributed by atoms with van der Waals surface area (Å²) in [7, 11) is 3.98. The maximum Gasteiger partial charge on any atom is 0.410 e. The highest BCUT2D eigenvalue weighted by Gasteiger charge is 2.43. The zero-order chi connectivity index (χ0) is 21.1. The summed E-state index contributed by atoms with van der Waals surface area (Å²) in [6.07, 6.45) is 4.21. The predicted octanol–water partition coefficient (Wildman–Crippen LogP) is 4.91. The summed E-state index contributed by atoms with van der Waals surface area (Å²) in [4.78, 5) is 29.9. The Balaban J connectivity index is 1.41. The van der Waals surface area contributed by atoms with Crippen LogP contribution in [-0.2, 0) is 11.3 Å². The molecular weight excluding hydrogens is 376 g/mol. The Labute approximate surface area is 178 Å². The smallest absolute Gasteiger partial charge is 0.410 e. The molecule has 0 radical (unpaired) electrons. The number of ether oxygens (including phenoxy) is 1. The fourth-order valence-corrected chi connectivity index (χ4v) is 4.85. The molecule has 2 heterocycles. The topological polar surface area (TPSA) is 49.9 Å². The summed E-state index contributed by atoms with van der Waals surface area (Å²) in [6, 6.07) is 17.8. The molecular formula is C25H30N2O3. The predicted molar refractivity (Wildman–Crippen MR) is 118 cm³/mol. The van der Waals surface area contributed by atoms with Gasteiger partial charge in [0.1, 0.15) is 6.61 Å². The van der Waals surface area contributed by atoms with E-state index in [1.807, 2.05) is 78.5 Å². The van der Waals surface area contributed by atoms with Gasteiger partial charge < -0.3 is 14.5 Å². The second-order valence-electron chi connectivity index (χ2n) is 8.66. The summed E-state index contributed by atoms with van der Waals surface area (Å²) in [6.45, 7) is 0.288. The van der Waals surface area contributed by atoms with E-state index >= 15 is 0 Å². The van der Waals surface area contributed by atoms with Gasteiger partial charge in [-0.15, -0.1) is 0 Å². The SMILES string of the molecule is CN(C)c1ccc(C(=O)C2CC3CCCC(C2)N3C(=O)OCc2ccccc2)cc1. The molecule has 158 valence electrons. The van der Waals surface area contributed by atoms with Gasteiger partial charge in [-0.3, -0.25) is 4.79 Å². The van der Waals surface area contributed by atoms with Crippen LogP contribution in [0.5, 0.6) is 0 Å². The molecule has 0 aliphatic carbocycles. The van der Waals surface area contributed by atoms with E-state index in [0.717, 1.165) is 48.9 Å². The molecule has 4 rings (SSSR count). The molecule has 2 fully saturated rings. The van der Waals surface area contributed by atoms with Crippen LogP contribution < -0.4 is 4.90 Å². The first-order valence-electron chi connectivity index (χ1n) is 10.8. The number of carbonyl (C=O) groups excluding carboxylic acids is 2. The van der Waals surface area contributed by atoms with Gasteiger partial charge in [0.2, 0.25) is 0 Å². The minimum Gasteiger partial charge on any atom is -0.445 e. The van der Waals surface area contributed by atoms with Gasteiger partial charge in [0.25, 0.3) is 0 Å². The molecule has 2 unspecified atom stereocenters. The number of Topliss-reactive ketones (excluding diaryl/α,β-unsaturated/α-hetero) is 1. The number of rotatable bonds is 5. The van der Waals surface area contributed by atoms with Crippen molar-refractivity contribution >= 4 is 17.6 Å². The Kier molecular flexibility index (Phi) is 6.07. The van der Waals surface area contributed by atoms with Gasteiger partial charge in [-0.25, -0.2) is 4.79 Å². The fourth-order valence-electron chi connectivity index (χ4n) is 4.85. The molecule has 0 spiro atoms. The minimum absolute atomic E-state index is 0.0244. The van der Waals surface area contributed by atoms with Crippen molar-refractivity contribution in [2.45, 2.75) is 50.8 Å². The Morgan fingerprint density at radius 2 is 1.60 bits per heavy atom. The van der Waals surface area contributed by atoms with E-state index in [0.29, 0.717) is 0 Å². The van der Waals surface area contributed by atoms with Gasteiger partial charge in [0, 0.05) is 43.3 Å². The highest BCUT2D eigenvalue weighted by molar-refractivity contribution is 5.98. The molecule has 30 heavy (non-hydrogen) atoms. The molecule has 5 heteroatoms. The quantitative estimate of drug-likeness (QED) is 0.663. The second kappa shape index (κ2) is 8.90. The molecule has 2 aromatic rings. The number of hydrogen-bond acceptors (Lipinski definition) is 4. The molecule has 2 aliphatic rings. The van der Waals surface area contributed by atoms with Crippen molar-refractivity contribution in [2.24, 2.45) is 5.92 Å². The third-order valence-corrected chi connectivity index (χ3v) is 6.43. The molecule has 5 nitrogen and oxygen atoms in total. The van der Waals surface area contributed by atoms with Gasteiger partial charge in [0.05, 0.1) is 0 Å². The summed E-state index contributed by atoms with van der Waals surface area (Å²) < 4.78 is 5.62. The van der Waals surface area contributed by atoms with E-state index in [1.165, 1.54) is 0 Å². The molecule has 2 bridgehead atoms. The maximum absolute atomic E-state index is 13.2. The average molecular weight is 407 g/mol. The zero-order valence-electron chi connectivity index (χ0n) is 17.8. The van der Waals surface area contributed by atoms with Crippen LogP contribution in [0, 0.1) is 5.92 Å². The average Bonchev–Trinajstić information content (AvgIpc) is 2.77. The highest BCUT2D eigenvalue weighted by atomic mass is 16.6. The van der Waals surface area contributed by atoms with Crippen molar-refractivity contribution in [3.8, 4) is 0 Å². The number of piperidine rings is 2. The number of nitrogens with zero attached hydrogens (tertiary/aromatic N) is 2. The lowest BCUT2D eigenvalue weighted by molar-refractivity contribution is 0.00473. The van der Waals surface area contributed by atoms with Crippen LogP contribution in [0.2, 0.25) is 0 Å². The Bertz CT molecular complexity index is 865. The van der Waals surface area contributed by atoms with E-state index < -0.39 is 0 Å². The first kappa shape index (κ1) is 20.5. The van der Waals surface area contributed by atoms with Crippen LogP contribution in [0.25, 0.3) is 0 Å². The van der Waals surface area contributed by atoms with Crippen LogP contribution in [-0.4, -0.2) is 43.0 Å². The van der Waals surface area contributed by atoms with Crippen molar-refractivity contribution in [3.05, 3.63) is 65.7 Å². The number of carbonyl (C=O) groups is 2. The van der Waals surface area contributed by atoms with E-state index in [2.05, 4.69) is 0 Å². The van der Waals surface area contributed by atoms with Gasteiger partial charge in [0.15, 0.2) is 5.78 Å². The minimum atomic E-state index is -0.241. The van der Waals surface area contributed by atoms with Gasteiger partial charge in [-0.2, -0.15) is 0 Å². The number of ketones is 1. The van der Waals surface area contributed by atoms with Crippen LogP contribution in [0.15, 0.2) is 54.6 Å². The van der Waals surface area contributed by atoms with Gasteiger partial charge in [-0.1, -0.05) is 30.3 Å². The highest BCUT2D eigenvalue weighted by Crippen LogP contribution is 2.39. The number of anilines is 1. The number of fused-ring (bicyclic) bond motifs is 2. The number of hydrogen-bond donors (Lipinski definition) is 0. The third kappa shape index (κ3) is 4.35. The fraction of sp³-hybridized carbons (Fsp3) is 0.440. The van der Waals surface area contributed by atoms with E-state index in [1.54, 1.807) is 0 Å². The molecule has 0 N–H and O–H groups in total. The summed E-state index contributed by atoms with van der Waals surface area (Å²) in [5, 5.41) is 0. The van der Waals surface area contributed by atoms with E-state index in [9.17, 15) is 9.59 Å².